The van der Waals surface area contributed by atoms with Crippen molar-refractivity contribution in [1.82, 2.24) is 9.55 Å². The molecular weight excluding hydrogens is 316 g/mol. The minimum atomic E-state index is -0.625. The van der Waals surface area contributed by atoms with E-state index in [1.807, 2.05) is 10.8 Å². The predicted octanol–water partition coefficient (Wildman–Crippen LogP) is 3.95. The molecule has 2 rings (SSSR count). The second-order valence-corrected chi connectivity index (χ2v) is 4.99. The molecule has 0 aliphatic carbocycles. The molecule has 0 aliphatic rings. The normalized spacial score (nSPS) is 10.7. The number of rotatable bonds is 5. The Hall–Kier alpha value is -1.43. The summed E-state index contributed by atoms with van der Waals surface area (Å²) in [4.78, 5) is 4.22. The Morgan fingerprint density at radius 3 is 2.84 bits per heavy atom. The number of anilines is 1. The molecule has 1 N–H and O–H groups in total. The number of imidazole rings is 1. The van der Waals surface area contributed by atoms with E-state index in [0.29, 0.717) is 11.0 Å². The van der Waals surface area contributed by atoms with Crippen LogP contribution in [0.5, 0.6) is 0 Å². The number of aromatic nitrogens is 2. The minimum Gasteiger partial charge on any atom is -0.375 e. The zero-order valence-electron chi connectivity index (χ0n) is 10.5. The van der Waals surface area contributed by atoms with Gasteiger partial charge in [0.2, 0.25) is 0 Å². The van der Waals surface area contributed by atoms with Crippen molar-refractivity contribution in [2.75, 3.05) is 5.32 Å². The quantitative estimate of drug-likeness (QED) is 0.900. The standard InChI is InChI=1S/C13H14BrF2N3/c1-2-4-19-5-3-17-12(19)8-18-13-10(14)6-9(15)7-11(13)16/h3,5-7,18H,2,4,8H2,1H3. The van der Waals surface area contributed by atoms with Crippen molar-refractivity contribution in [3.63, 3.8) is 0 Å². The average Bonchev–Trinajstić information content (AvgIpc) is 2.76. The van der Waals surface area contributed by atoms with Crippen LogP contribution in [0.15, 0.2) is 29.0 Å². The first kappa shape index (κ1) is 14.0. The first-order chi connectivity index (χ1) is 9.11. The van der Waals surface area contributed by atoms with Gasteiger partial charge in [0.1, 0.15) is 17.5 Å². The van der Waals surface area contributed by atoms with Crippen molar-refractivity contribution in [2.45, 2.75) is 26.4 Å². The van der Waals surface area contributed by atoms with Crippen molar-refractivity contribution >= 4 is 21.6 Å². The summed E-state index contributed by atoms with van der Waals surface area (Å²) in [6, 6.07) is 2.08. The van der Waals surface area contributed by atoms with E-state index >= 15 is 0 Å². The summed E-state index contributed by atoms with van der Waals surface area (Å²) >= 11 is 3.14. The third kappa shape index (κ3) is 3.32. The van der Waals surface area contributed by atoms with Crippen LogP contribution in [-0.2, 0) is 13.1 Å². The van der Waals surface area contributed by atoms with Gasteiger partial charge in [0.05, 0.1) is 12.2 Å². The third-order valence-corrected chi connectivity index (χ3v) is 3.32. The molecule has 1 heterocycles. The Balaban J connectivity index is 2.12. The Labute approximate surface area is 118 Å². The fourth-order valence-corrected chi connectivity index (χ4v) is 2.38. The van der Waals surface area contributed by atoms with E-state index in [1.54, 1.807) is 6.20 Å². The lowest BCUT2D eigenvalue weighted by molar-refractivity contribution is 0.582. The van der Waals surface area contributed by atoms with Gasteiger partial charge in [-0.3, -0.25) is 0 Å². The molecule has 0 spiro atoms. The van der Waals surface area contributed by atoms with Gasteiger partial charge in [-0.25, -0.2) is 13.8 Å². The van der Waals surface area contributed by atoms with Crippen molar-refractivity contribution in [2.24, 2.45) is 0 Å². The molecule has 102 valence electrons. The van der Waals surface area contributed by atoms with Crippen molar-refractivity contribution in [3.8, 4) is 0 Å². The van der Waals surface area contributed by atoms with Gasteiger partial charge in [0.15, 0.2) is 0 Å². The van der Waals surface area contributed by atoms with Crippen LogP contribution in [0.2, 0.25) is 0 Å². The topological polar surface area (TPSA) is 29.9 Å². The fraction of sp³-hybridized carbons (Fsp3) is 0.308. The number of hydrogen-bond donors (Lipinski definition) is 1. The van der Waals surface area contributed by atoms with Gasteiger partial charge in [0.25, 0.3) is 0 Å². The minimum absolute atomic E-state index is 0.243. The van der Waals surface area contributed by atoms with Crippen LogP contribution in [0.1, 0.15) is 19.2 Å². The Morgan fingerprint density at radius 2 is 2.16 bits per heavy atom. The van der Waals surface area contributed by atoms with E-state index in [0.717, 1.165) is 24.9 Å². The summed E-state index contributed by atoms with van der Waals surface area (Å²) in [5.41, 5.74) is 0.243. The van der Waals surface area contributed by atoms with E-state index in [2.05, 4.69) is 33.2 Å². The van der Waals surface area contributed by atoms with Crippen LogP contribution in [0.3, 0.4) is 0 Å². The van der Waals surface area contributed by atoms with E-state index in [1.165, 1.54) is 6.07 Å². The van der Waals surface area contributed by atoms with E-state index < -0.39 is 11.6 Å². The number of aryl methyl sites for hydroxylation is 1. The Kier molecular flexibility index (Phi) is 4.52. The highest BCUT2D eigenvalue weighted by Gasteiger charge is 2.10. The highest BCUT2D eigenvalue weighted by atomic mass is 79.9. The number of nitrogens with one attached hydrogen (secondary N) is 1. The number of nitrogens with zero attached hydrogens (tertiary/aromatic N) is 2. The summed E-state index contributed by atoms with van der Waals surface area (Å²) in [7, 11) is 0. The summed E-state index contributed by atoms with van der Waals surface area (Å²) in [5, 5.41) is 2.94. The summed E-state index contributed by atoms with van der Waals surface area (Å²) < 4.78 is 29.0. The highest BCUT2D eigenvalue weighted by molar-refractivity contribution is 9.10. The average molecular weight is 330 g/mol. The molecule has 0 fully saturated rings. The number of halogens is 3. The molecule has 1 aromatic heterocycles. The second-order valence-electron chi connectivity index (χ2n) is 4.13. The van der Waals surface area contributed by atoms with Gasteiger partial charge in [0, 0.05) is 29.5 Å². The summed E-state index contributed by atoms with van der Waals surface area (Å²) in [5.74, 6) is -0.416. The molecule has 0 aliphatic heterocycles. The fourth-order valence-electron chi connectivity index (χ4n) is 1.83. The van der Waals surface area contributed by atoms with E-state index in [9.17, 15) is 8.78 Å². The second kappa shape index (κ2) is 6.14. The zero-order chi connectivity index (χ0) is 13.8. The molecule has 0 amide bonds. The SMILES string of the molecule is CCCn1ccnc1CNc1c(F)cc(F)cc1Br. The summed E-state index contributed by atoms with van der Waals surface area (Å²) in [6.45, 7) is 3.33. The molecule has 0 saturated heterocycles. The Bertz CT molecular complexity index is 546. The molecule has 19 heavy (non-hydrogen) atoms. The largest absolute Gasteiger partial charge is 0.375 e. The molecule has 3 nitrogen and oxygen atoms in total. The zero-order valence-corrected chi connectivity index (χ0v) is 12.0. The molecular formula is C13H14BrF2N3. The van der Waals surface area contributed by atoms with Gasteiger partial charge in [-0.1, -0.05) is 6.92 Å². The third-order valence-electron chi connectivity index (χ3n) is 2.70. The van der Waals surface area contributed by atoms with Crippen molar-refractivity contribution < 1.29 is 8.78 Å². The summed E-state index contributed by atoms with van der Waals surface area (Å²) in [6.07, 6.45) is 4.59. The monoisotopic (exact) mass is 329 g/mol. The molecule has 0 bridgehead atoms. The van der Waals surface area contributed by atoms with Gasteiger partial charge in [-0.15, -0.1) is 0 Å². The van der Waals surface area contributed by atoms with Crippen LogP contribution >= 0.6 is 15.9 Å². The van der Waals surface area contributed by atoms with Crippen LogP contribution in [0, 0.1) is 11.6 Å². The molecule has 0 unspecified atom stereocenters. The van der Waals surface area contributed by atoms with Crippen molar-refractivity contribution in [3.05, 3.63) is 46.5 Å². The predicted molar refractivity (Wildman–Crippen MR) is 73.9 cm³/mol. The molecule has 6 heteroatoms. The lowest BCUT2D eigenvalue weighted by Gasteiger charge is -2.11. The lowest BCUT2D eigenvalue weighted by atomic mass is 10.3. The van der Waals surface area contributed by atoms with Gasteiger partial charge in [-0.2, -0.15) is 0 Å². The Morgan fingerprint density at radius 1 is 1.37 bits per heavy atom. The van der Waals surface area contributed by atoms with E-state index in [-0.39, 0.29) is 5.69 Å². The molecule has 0 saturated carbocycles. The van der Waals surface area contributed by atoms with Gasteiger partial charge in [-0.05, 0) is 28.4 Å². The van der Waals surface area contributed by atoms with Crippen molar-refractivity contribution in [1.29, 1.82) is 0 Å². The number of hydrogen-bond acceptors (Lipinski definition) is 2. The maximum Gasteiger partial charge on any atom is 0.150 e. The number of benzene rings is 1. The van der Waals surface area contributed by atoms with Crippen LogP contribution in [0.25, 0.3) is 0 Å². The van der Waals surface area contributed by atoms with E-state index in [4.69, 9.17) is 0 Å². The first-order valence-corrected chi connectivity index (χ1v) is 6.79. The van der Waals surface area contributed by atoms with Gasteiger partial charge >= 0.3 is 0 Å². The van der Waals surface area contributed by atoms with Crippen LogP contribution in [-0.4, -0.2) is 9.55 Å². The molecule has 2 aromatic rings. The first-order valence-electron chi connectivity index (χ1n) is 6.00. The molecule has 0 radical (unpaired) electrons. The molecule has 0 atom stereocenters. The van der Waals surface area contributed by atoms with Gasteiger partial charge < -0.3 is 9.88 Å². The smallest absolute Gasteiger partial charge is 0.150 e. The lowest BCUT2D eigenvalue weighted by Crippen LogP contribution is -2.09. The highest BCUT2D eigenvalue weighted by Crippen LogP contribution is 2.27. The maximum atomic E-state index is 13.6. The maximum absolute atomic E-state index is 13.6. The van der Waals surface area contributed by atoms with Crippen LogP contribution in [0.4, 0.5) is 14.5 Å². The van der Waals surface area contributed by atoms with Crippen LogP contribution < -0.4 is 5.32 Å². The molecule has 1 aromatic carbocycles.